The summed E-state index contributed by atoms with van der Waals surface area (Å²) in [6.45, 7) is 5.90. The molecule has 78 valence electrons. The van der Waals surface area contributed by atoms with Crippen LogP contribution < -0.4 is 0 Å². The quantitative estimate of drug-likeness (QED) is 0.526. The van der Waals surface area contributed by atoms with Gasteiger partial charge in [-0.1, -0.05) is 6.92 Å². The SMILES string of the molecule is CCC(C(C)Cl)[P+](=O)OCC(C)Cl. The summed E-state index contributed by atoms with van der Waals surface area (Å²) in [7, 11) is -1.68. The monoisotopic (exact) mass is 245 g/mol. The zero-order chi connectivity index (χ0) is 10.4. The fraction of sp³-hybridized carbons (Fsp3) is 1.00. The molecule has 0 aliphatic carbocycles. The summed E-state index contributed by atoms with van der Waals surface area (Å²) in [6.07, 6.45) is 0.760. The third-order valence-electron chi connectivity index (χ3n) is 1.65. The normalized spacial score (nSPS) is 19.3. The fourth-order valence-electron chi connectivity index (χ4n) is 0.913. The molecule has 2 nitrogen and oxygen atoms in total. The van der Waals surface area contributed by atoms with Crippen molar-refractivity contribution in [3.05, 3.63) is 0 Å². The van der Waals surface area contributed by atoms with Gasteiger partial charge in [0.2, 0.25) is 5.66 Å². The molecule has 0 aromatic heterocycles. The van der Waals surface area contributed by atoms with Gasteiger partial charge in [-0.15, -0.1) is 27.7 Å². The molecule has 0 spiro atoms. The van der Waals surface area contributed by atoms with Crippen molar-refractivity contribution in [1.82, 2.24) is 0 Å². The molecule has 0 bridgehead atoms. The molecule has 0 aromatic carbocycles. The summed E-state index contributed by atoms with van der Waals surface area (Å²) in [6, 6.07) is 0. The summed E-state index contributed by atoms with van der Waals surface area (Å²) in [4.78, 5) is 0. The van der Waals surface area contributed by atoms with E-state index in [0.717, 1.165) is 6.42 Å². The first-order valence-electron chi connectivity index (χ1n) is 4.36. The Morgan fingerprint density at radius 1 is 1.38 bits per heavy atom. The van der Waals surface area contributed by atoms with Crippen LogP contribution in [-0.4, -0.2) is 23.0 Å². The molecule has 0 amide bonds. The molecular weight excluding hydrogens is 230 g/mol. The van der Waals surface area contributed by atoms with Gasteiger partial charge in [-0.3, -0.25) is 0 Å². The molecule has 0 radical (unpaired) electrons. The smallest absolute Gasteiger partial charge is 0.144 e. The number of hydrogen-bond acceptors (Lipinski definition) is 2. The molecular formula is C8H16Cl2O2P+. The Bertz CT molecular complexity index is 162. The van der Waals surface area contributed by atoms with E-state index in [2.05, 4.69) is 0 Å². The van der Waals surface area contributed by atoms with E-state index in [4.69, 9.17) is 27.7 Å². The van der Waals surface area contributed by atoms with Crippen LogP contribution in [0.15, 0.2) is 0 Å². The largest absolute Gasteiger partial charge is 0.512 e. The number of alkyl halides is 2. The lowest BCUT2D eigenvalue weighted by Gasteiger charge is -2.05. The highest BCUT2D eigenvalue weighted by molar-refractivity contribution is 7.40. The summed E-state index contributed by atoms with van der Waals surface area (Å²) < 4.78 is 16.6. The summed E-state index contributed by atoms with van der Waals surface area (Å²) >= 11 is 11.5. The zero-order valence-electron chi connectivity index (χ0n) is 8.17. The molecule has 0 aliphatic rings. The van der Waals surface area contributed by atoms with Crippen molar-refractivity contribution in [3.8, 4) is 0 Å². The Hall–Kier alpha value is 0.640. The Morgan fingerprint density at radius 3 is 2.23 bits per heavy atom. The van der Waals surface area contributed by atoms with Crippen LogP contribution in [0.1, 0.15) is 27.2 Å². The van der Waals surface area contributed by atoms with E-state index < -0.39 is 8.03 Å². The van der Waals surface area contributed by atoms with E-state index in [-0.39, 0.29) is 16.4 Å². The topological polar surface area (TPSA) is 26.3 Å². The second-order valence-electron chi connectivity index (χ2n) is 3.02. The van der Waals surface area contributed by atoms with Crippen molar-refractivity contribution in [2.45, 2.75) is 43.6 Å². The van der Waals surface area contributed by atoms with Gasteiger partial charge in [-0.25, -0.2) is 0 Å². The molecule has 4 unspecified atom stereocenters. The Kier molecular flexibility index (Phi) is 7.35. The molecule has 13 heavy (non-hydrogen) atoms. The summed E-state index contributed by atoms with van der Waals surface area (Å²) in [5.74, 6) is 0. The van der Waals surface area contributed by atoms with Gasteiger partial charge in [-0.2, -0.15) is 0 Å². The molecule has 0 N–H and O–H groups in total. The highest BCUT2D eigenvalue weighted by Gasteiger charge is 2.35. The third-order valence-corrected chi connectivity index (χ3v) is 4.01. The van der Waals surface area contributed by atoms with Crippen molar-refractivity contribution in [3.63, 3.8) is 0 Å². The fourth-order valence-corrected chi connectivity index (χ4v) is 2.71. The molecule has 0 saturated heterocycles. The van der Waals surface area contributed by atoms with Crippen molar-refractivity contribution >= 4 is 31.2 Å². The van der Waals surface area contributed by atoms with Crippen molar-refractivity contribution in [2.24, 2.45) is 0 Å². The van der Waals surface area contributed by atoms with E-state index in [1.54, 1.807) is 6.92 Å². The number of hydrogen-bond donors (Lipinski definition) is 0. The minimum atomic E-state index is -1.68. The number of halogens is 2. The molecule has 5 heteroatoms. The van der Waals surface area contributed by atoms with Crippen LogP contribution in [0.2, 0.25) is 0 Å². The van der Waals surface area contributed by atoms with Gasteiger partial charge in [0.25, 0.3) is 0 Å². The van der Waals surface area contributed by atoms with Gasteiger partial charge >= 0.3 is 8.03 Å². The van der Waals surface area contributed by atoms with Gasteiger partial charge in [0.15, 0.2) is 0 Å². The van der Waals surface area contributed by atoms with Crippen LogP contribution in [0.3, 0.4) is 0 Å². The Labute approximate surface area is 90.8 Å². The predicted octanol–water partition coefficient (Wildman–Crippen LogP) is 3.78. The molecule has 0 saturated carbocycles. The molecule has 0 heterocycles. The second-order valence-corrected chi connectivity index (χ2v) is 5.94. The lowest BCUT2D eigenvalue weighted by Crippen LogP contribution is -2.14. The first kappa shape index (κ1) is 13.6. The molecule has 0 rings (SSSR count). The molecule has 0 fully saturated rings. The minimum Gasteiger partial charge on any atom is -0.144 e. The van der Waals surface area contributed by atoms with Crippen molar-refractivity contribution < 1.29 is 9.09 Å². The molecule has 0 aromatic rings. The number of rotatable bonds is 6. The molecule has 4 atom stereocenters. The van der Waals surface area contributed by atoms with Crippen LogP contribution in [0, 0.1) is 0 Å². The highest BCUT2D eigenvalue weighted by Crippen LogP contribution is 2.36. The minimum absolute atomic E-state index is 0.0768. The lowest BCUT2D eigenvalue weighted by atomic mass is 10.3. The van der Waals surface area contributed by atoms with Crippen LogP contribution in [0.5, 0.6) is 0 Å². The maximum Gasteiger partial charge on any atom is 0.512 e. The van der Waals surface area contributed by atoms with Gasteiger partial charge in [0.05, 0.1) is 10.8 Å². The van der Waals surface area contributed by atoms with E-state index in [1.807, 2.05) is 13.8 Å². The average Bonchev–Trinajstić information content (AvgIpc) is 2.01. The average molecular weight is 246 g/mol. The second kappa shape index (κ2) is 7.00. The van der Waals surface area contributed by atoms with Crippen LogP contribution in [0.25, 0.3) is 0 Å². The van der Waals surface area contributed by atoms with E-state index in [1.165, 1.54) is 0 Å². The van der Waals surface area contributed by atoms with Crippen LogP contribution >= 0.6 is 31.2 Å². The first-order chi connectivity index (χ1) is 5.99. The first-order valence-corrected chi connectivity index (χ1v) is 6.48. The summed E-state index contributed by atoms with van der Waals surface area (Å²) in [5, 5.41) is -0.235. The standard InChI is InChI=1S/C8H16Cl2O2P/c1-4-8(7(3)10)13(11)12-5-6(2)9/h6-8H,4-5H2,1-3H3/q+1. The summed E-state index contributed by atoms with van der Waals surface area (Å²) in [5.41, 5.74) is -0.0768. The van der Waals surface area contributed by atoms with E-state index >= 15 is 0 Å². The van der Waals surface area contributed by atoms with Crippen LogP contribution in [0.4, 0.5) is 0 Å². The lowest BCUT2D eigenvalue weighted by molar-refractivity contribution is 0.324. The van der Waals surface area contributed by atoms with Gasteiger partial charge in [-0.05, 0) is 24.8 Å². The van der Waals surface area contributed by atoms with Crippen molar-refractivity contribution in [2.75, 3.05) is 6.61 Å². The predicted molar refractivity (Wildman–Crippen MR) is 58.3 cm³/mol. The van der Waals surface area contributed by atoms with Gasteiger partial charge < -0.3 is 0 Å². The molecule has 0 aliphatic heterocycles. The van der Waals surface area contributed by atoms with E-state index in [9.17, 15) is 4.57 Å². The van der Waals surface area contributed by atoms with Crippen LogP contribution in [-0.2, 0) is 9.09 Å². The third kappa shape index (κ3) is 5.85. The van der Waals surface area contributed by atoms with Crippen molar-refractivity contribution in [1.29, 1.82) is 0 Å². The zero-order valence-corrected chi connectivity index (χ0v) is 10.6. The maximum atomic E-state index is 11.5. The van der Waals surface area contributed by atoms with Gasteiger partial charge in [0.1, 0.15) is 6.61 Å². The van der Waals surface area contributed by atoms with Gasteiger partial charge in [0, 0.05) is 0 Å². The Balaban J connectivity index is 3.92. The Morgan fingerprint density at radius 2 is 1.92 bits per heavy atom. The maximum absolute atomic E-state index is 11.5. The van der Waals surface area contributed by atoms with E-state index in [0.29, 0.717) is 6.61 Å². The highest BCUT2D eigenvalue weighted by atomic mass is 35.5.